The predicted octanol–water partition coefficient (Wildman–Crippen LogP) is 2.39. The van der Waals surface area contributed by atoms with Crippen molar-refractivity contribution in [3.8, 4) is 0 Å². The molecule has 0 aromatic heterocycles. The zero-order chi connectivity index (χ0) is 10.7. The Hall–Kier alpha value is -1.15. The predicted molar refractivity (Wildman–Crippen MR) is 60.7 cm³/mol. The van der Waals surface area contributed by atoms with Crippen LogP contribution >= 0.6 is 0 Å². The minimum atomic E-state index is -0.296. The molecule has 1 atom stereocenters. The van der Waals surface area contributed by atoms with Crippen LogP contribution in [-0.2, 0) is 0 Å². The number of hydrogen-bond donors (Lipinski definition) is 1. The van der Waals surface area contributed by atoms with E-state index in [-0.39, 0.29) is 11.8 Å². The first-order valence-electron chi connectivity index (χ1n) is 5.64. The molecule has 15 heavy (non-hydrogen) atoms. The summed E-state index contributed by atoms with van der Waals surface area (Å²) in [5.41, 5.74) is 6.75. The largest absolute Gasteiger partial charge is 0.321 e. The van der Waals surface area contributed by atoms with Gasteiger partial charge < -0.3 is 5.73 Å². The van der Waals surface area contributed by atoms with Gasteiger partial charge in [0.15, 0.2) is 5.78 Å². The first-order valence-corrected chi connectivity index (χ1v) is 5.64. The summed E-state index contributed by atoms with van der Waals surface area (Å²) in [6, 6.07) is 9.07. The monoisotopic (exact) mass is 203 g/mol. The van der Waals surface area contributed by atoms with Gasteiger partial charge in [-0.15, -0.1) is 0 Å². The van der Waals surface area contributed by atoms with Gasteiger partial charge in [-0.1, -0.05) is 43.2 Å². The van der Waals surface area contributed by atoms with Crippen LogP contribution in [0.4, 0.5) is 0 Å². The molecule has 0 amide bonds. The fourth-order valence-corrected chi connectivity index (χ4v) is 2.33. The average molecular weight is 203 g/mol. The number of benzene rings is 1. The maximum absolute atomic E-state index is 12.0. The summed E-state index contributed by atoms with van der Waals surface area (Å²) in [6.45, 7) is 0. The highest BCUT2D eigenvalue weighted by Gasteiger charge is 2.27. The molecule has 2 N–H and O–H groups in total. The molecule has 1 saturated carbocycles. The van der Waals surface area contributed by atoms with Gasteiger partial charge in [0.2, 0.25) is 0 Å². The highest BCUT2D eigenvalue weighted by molar-refractivity contribution is 6.00. The van der Waals surface area contributed by atoms with Crippen molar-refractivity contribution in [2.75, 3.05) is 0 Å². The Kier molecular flexibility index (Phi) is 3.17. The van der Waals surface area contributed by atoms with Crippen molar-refractivity contribution < 1.29 is 4.79 Å². The average Bonchev–Trinajstić information content (AvgIpc) is 2.82. The summed E-state index contributed by atoms with van der Waals surface area (Å²) < 4.78 is 0. The second-order valence-corrected chi connectivity index (χ2v) is 4.30. The van der Waals surface area contributed by atoms with Crippen LogP contribution in [0, 0.1) is 5.92 Å². The minimum Gasteiger partial charge on any atom is -0.321 e. The van der Waals surface area contributed by atoms with E-state index in [1.54, 1.807) is 0 Å². The molecule has 0 aliphatic heterocycles. The molecule has 0 saturated heterocycles. The van der Waals surface area contributed by atoms with Gasteiger partial charge in [0.1, 0.15) is 0 Å². The van der Waals surface area contributed by atoms with Crippen molar-refractivity contribution in [3.05, 3.63) is 35.9 Å². The van der Waals surface area contributed by atoms with Crippen molar-refractivity contribution in [1.29, 1.82) is 0 Å². The van der Waals surface area contributed by atoms with Gasteiger partial charge >= 0.3 is 0 Å². The van der Waals surface area contributed by atoms with Crippen LogP contribution in [0.3, 0.4) is 0 Å². The molecule has 1 fully saturated rings. The molecule has 1 aromatic carbocycles. The molecule has 1 aliphatic rings. The number of Topliss-reactive ketones (excluding diaryl/α,β-unsaturated/α-hetero) is 1. The molecule has 1 unspecified atom stereocenters. The summed E-state index contributed by atoms with van der Waals surface area (Å²) in [4.78, 5) is 12.0. The number of carbonyl (C=O) groups is 1. The molecule has 0 bridgehead atoms. The van der Waals surface area contributed by atoms with Crippen molar-refractivity contribution in [3.63, 3.8) is 0 Å². The lowest BCUT2D eigenvalue weighted by Crippen LogP contribution is -2.36. The highest BCUT2D eigenvalue weighted by atomic mass is 16.1. The third-order valence-electron chi connectivity index (χ3n) is 3.27. The molecule has 0 spiro atoms. The maximum atomic E-state index is 12.0. The lowest BCUT2D eigenvalue weighted by Gasteiger charge is -2.17. The van der Waals surface area contributed by atoms with Gasteiger partial charge in [0.25, 0.3) is 0 Å². The Bertz CT molecular complexity index is 328. The Labute approximate surface area is 90.5 Å². The molecule has 2 rings (SSSR count). The molecular formula is C13H17NO. The van der Waals surface area contributed by atoms with Crippen LogP contribution in [0.2, 0.25) is 0 Å². The van der Waals surface area contributed by atoms with Crippen molar-refractivity contribution >= 4 is 5.78 Å². The standard InChI is InChI=1S/C13H17NO/c14-12(10-6-4-5-7-10)13(15)11-8-2-1-3-9-11/h1-3,8-10,12H,4-7,14H2. The molecule has 2 heteroatoms. The van der Waals surface area contributed by atoms with Gasteiger partial charge in [-0.05, 0) is 18.8 Å². The van der Waals surface area contributed by atoms with Gasteiger partial charge in [-0.3, -0.25) is 4.79 Å². The van der Waals surface area contributed by atoms with E-state index in [9.17, 15) is 4.79 Å². The lowest BCUT2D eigenvalue weighted by atomic mass is 9.92. The zero-order valence-electron chi connectivity index (χ0n) is 8.86. The van der Waals surface area contributed by atoms with E-state index in [4.69, 9.17) is 5.73 Å². The summed E-state index contributed by atoms with van der Waals surface area (Å²) >= 11 is 0. The topological polar surface area (TPSA) is 43.1 Å². The number of carbonyl (C=O) groups excluding carboxylic acids is 1. The van der Waals surface area contributed by atoms with Crippen LogP contribution < -0.4 is 5.73 Å². The zero-order valence-corrected chi connectivity index (χ0v) is 8.86. The SMILES string of the molecule is NC(C(=O)c1ccccc1)C1CCCC1. The third-order valence-corrected chi connectivity index (χ3v) is 3.27. The van der Waals surface area contributed by atoms with Gasteiger partial charge in [-0.2, -0.15) is 0 Å². The van der Waals surface area contributed by atoms with E-state index < -0.39 is 0 Å². The van der Waals surface area contributed by atoms with Gasteiger partial charge in [-0.25, -0.2) is 0 Å². The molecular weight excluding hydrogens is 186 g/mol. The van der Waals surface area contributed by atoms with Crippen LogP contribution in [0.5, 0.6) is 0 Å². The molecule has 0 heterocycles. The van der Waals surface area contributed by atoms with Crippen LogP contribution in [0.25, 0.3) is 0 Å². The van der Waals surface area contributed by atoms with Crippen molar-refractivity contribution in [1.82, 2.24) is 0 Å². The Morgan fingerprint density at radius 1 is 1.20 bits per heavy atom. The fourth-order valence-electron chi connectivity index (χ4n) is 2.33. The summed E-state index contributed by atoms with van der Waals surface area (Å²) in [5.74, 6) is 0.500. The molecule has 1 aromatic rings. The smallest absolute Gasteiger partial charge is 0.179 e. The quantitative estimate of drug-likeness (QED) is 0.766. The van der Waals surface area contributed by atoms with Gasteiger partial charge in [0.05, 0.1) is 6.04 Å². The van der Waals surface area contributed by atoms with E-state index in [1.165, 1.54) is 12.8 Å². The summed E-state index contributed by atoms with van der Waals surface area (Å²) in [6.07, 6.45) is 4.67. The lowest BCUT2D eigenvalue weighted by molar-refractivity contribution is 0.0933. The first-order chi connectivity index (χ1) is 7.29. The van der Waals surface area contributed by atoms with E-state index in [0.717, 1.165) is 18.4 Å². The summed E-state index contributed by atoms with van der Waals surface area (Å²) in [5, 5.41) is 0. The maximum Gasteiger partial charge on any atom is 0.179 e. The van der Waals surface area contributed by atoms with E-state index in [0.29, 0.717) is 5.92 Å². The van der Waals surface area contributed by atoms with Crippen LogP contribution in [-0.4, -0.2) is 11.8 Å². The minimum absolute atomic E-state index is 0.0995. The Morgan fingerprint density at radius 2 is 1.80 bits per heavy atom. The second kappa shape index (κ2) is 4.58. The van der Waals surface area contributed by atoms with E-state index in [1.807, 2.05) is 30.3 Å². The fraction of sp³-hybridized carbons (Fsp3) is 0.462. The van der Waals surface area contributed by atoms with E-state index in [2.05, 4.69) is 0 Å². The number of ketones is 1. The highest BCUT2D eigenvalue weighted by Crippen LogP contribution is 2.28. The number of rotatable bonds is 3. The number of nitrogens with two attached hydrogens (primary N) is 1. The molecule has 1 aliphatic carbocycles. The van der Waals surface area contributed by atoms with Crippen molar-refractivity contribution in [2.45, 2.75) is 31.7 Å². The first kappa shape index (κ1) is 10.4. The second-order valence-electron chi connectivity index (χ2n) is 4.30. The molecule has 0 radical (unpaired) electrons. The van der Waals surface area contributed by atoms with Crippen LogP contribution in [0.15, 0.2) is 30.3 Å². The normalized spacial score (nSPS) is 19.0. The third kappa shape index (κ3) is 2.26. The Morgan fingerprint density at radius 3 is 2.40 bits per heavy atom. The van der Waals surface area contributed by atoms with Crippen LogP contribution in [0.1, 0.15) is 36.0 Å². The molecule has 2 nitrogen and oxygen atoms in total. The van der Waals surface area contributed by atoms with E-state index >= 15 is 0 Å². The van der Waals surface area contributed by atoms with Gasteiger partial charge in [0, 0.05) is 5.56 Å². The molecule has 80 valence electrons. The number of hydrogen-bond acceptors (Lipinski definition) is 2. The summed E-state index contributed by atoms with van der Waals surface area (Å²) in [7, 11) is 0. The van der Waals surface area contributed by atoms with Crippen molar-refractivity contribution in [2.24, 2.45) is 11.7 Å². The Balaban J connectivity index is 2.07.